The summed E-state index contributed by atoms with van der Waals surface area (Å²) in [6.07, 6.45) is 4.32. The predicted molar refractivity (Wildman–Crippen MR) is 89.9 cm³/mol. The molecule has 1 unspecified atom stereocenters. The van der Waals surface area contributed by atoms with Crippen molar-refractivity contribution in [1.82, 2.24) is 5.32 Å². The second-order valence-corrected chi connectivity index (χ2v) is 7.87. The van der Waals surface area contributed by atoms with Crippen molar-refractivity contribution in [3.8, 4) is 0 Å². The van der Waals surface area contributed by atoms with Gasteiger partial charge in [0.2, 0.25) is 0 Å². The van der Waals surface area contributed by atoms with E-state index in [0.29, 0.717) is 0 Å². The number of rotatable bonds is 2. The Bertz CT molecular complexity index is 678. The van der Waals surface area contributed by atoms with Crippen LogP contribution >= 0.6 is 11.3 Å². The minimum absolute atomic E-state index is 0.0444. The second-order valence-electron chi connectivity index (χ2n) is 6.79. The van der Waals surface area contributed by atoms with Gasteiger partial charge in [0.25, 0.3) is 5.91 Å². The molecule has 0 bridgehead atoms. The molecular formula is C18H21NOS. The molecule has 1 atom stereocenters. The molecule has 0 spiro atoms. The molecule has 2 nitrogen and oxygen atoms in total. The lowest BCUT2D eigenvalue weighted by Crippen LogP contribution is -2.38. The molecular weight excluding hydrogens is 278 g/mol. The molecule has 1 N–H and O–H groups in total. The fourth-order valence-electron chi connectivity index (χ4n) is 3.31. The largest absolute Gasteiger partial charge is 0.345 e. The second kappa shape index (κ2) is 5.30. The molecule has 0 radical (unpaired) electrons. The number of allylic oxidation sites excluding steroid dienone is 1. The Labute approximate surface area is 129 Å². The zero-order valence-electron chi connectivity index (χ0n) is 12.8. The van der Waals surface area contributed by atoms with E-state index < -0.39 is 0 Å². The summed E-state index contributed by atoms with van der Waals surface area (Å²) in [6, 6.07) is 10.3. The maximum absolute atomic E-state index is 12.5. The van der Waals surface area contributed by atoms with Crippen molar-refractivity contribution in [2.75, 3.05) is 0 Å². The van der Waals surface area contributed by atoms with E-state index in [4.69, 9.17) is 0 Å². The average Bonchev–Trinajstić information content (AvgIpc) is 2.79. The summed E-state index contributed by atoms with van der Waals surface area (Å²) in [5, 5.41) is 4.32. The number of carbonyl (C=O) groups is 1. The first-order valence-corrected chi connectivity index (χ1v) is 8.21. The lowest BCUT2D eigenvalue weighted by atomic mass is 9.76. The van der Waals surface area contributed by atoms with Gasteiger partial charge in [-0.15, -0.1) is 11.3 Å². The molecule has 110 valence electrons. The third kappa shape index (κ3) is 3.18. The molecule has 0 aliphatic heterocycles. The van der Waals surface area contributed by atoms with Gasteiger partial charge in [-0.05, 0) is 42.7 Å². The van der Waals surface area contributed by atoms with Crippen molar-refractivity contribution in [1.29, 1.82) is 0 Å². The van der Waals surface area contributed by atoms with Crippen LogP contribution in [0.25, 0.3) is 10.1 Å². The molecule has 1 aromatic heterocycles. The number of fused-ring (bicyclic) bond motifs is 1. The van der Waals surface area contributed by atoms with E-state index in [-0.39, 0.29) is 17.4 Å². The molecule has 1 aliphatic rings. The lowest BCUT2D eigenvalue weighted by molar-refractivity contribution is 0.0937. The van der Waals surface area contributed by atoms with Gasteiger partial charge in [0, 0.05) is 10.7 Å². The molecule has 0 saturated heterocycles. The van der Waals surface area contributed by atoms with Crippen LogP contribution in [0.5, 0.6) is 0 Å². The average molecular weight is 299 g/mol. The van der Waals surface area contributed by atoms with Crippen molar-refractivity contribution in [2.24, 2.45) is 5.41 Å². The molecule has 1 heterocycles. The molecule has 3 heteroatoms. The molecule has 2 aromatic rings. The van der Waals surface area contributed by atoms with E-state index in [1.165, 1.54) is 10.3 Å². The van der Waals surface area contributed by atoms with Crippen molar-refractivity contribution in [3.63, 3.8) is 0 Å². The van der Waals surface area contributed by atoms with Crippen molar-refractivity contribution in [2.45, 2.75) is 39.7 Å². The van der Waals surface area contributed by atoms with Crippen LogP contribution in [0.4, 0.5) is 0 Å². The molecule has 1 aliphatic carbocycles. The van der Waals surface area contributed by atoms with E-state index in [1.807, 2.05) is 18.2 Å². The van der Waals surface area contributed by atoms with Crippen LogP contribution < -0.4 is 5.32 Å². The highest BCUT2D eigenvalue weighted by Gasteiger charge is 2.28. The molecule has 1 aromatic carbocycles. The molecule has 0 fully saturated rings. The highest BCUT2D eigenvalue weighted by atomic mass is 32.1. The minimum Gasteiger partial charge on any atom is -0.345 e. The Morgan fingerprint density at radius 1 is 1.33 bits per heavy atom. The SMILES string of the molecule is CC1=CC(NC(=O)c2cc3ccccc3s2)CC(C)(C)C1. The highest BCUT2D eigenvalue weighted by molar-refractivity contribution is 7.20. The quantitative estimate of drug-likeness (QED) is 0.795. The Hall–Kier alpha value is -1.61. The Morgan fingerprint density at radius 3 is 2.81 bits per heavy atom. The smallest absolute Gasteiger partial charge is 0.261 e. The first-order valence-electron chi connectivity index (χ1n) is 7.40. The van der Waals surface area contributed by atoms with Gasteiger partial charge in [0.1, 0.15) is 0 Å². The van der Waals surface area contributed by atoms with E-state index in [2.05, 4.69) is 44.3 Å². The first kappa shape index (κ1) is 14.3. The van der Waals surface area contributed by atoms with Crippen LogP contribution in [0, 0.1) is 5.41 Å². The van der Waals surface area contributed by atoms with Gasteiger partial charge in [-0.25, -0.2) is 0 Å². The van der Waals surface area contributed by atoms with E-state index in [9.17, 15) is 4.79 Å². The van der Waals surface area contributed by atoms with Gasteiger partial charge in [0.15, 0.2) is 0 Å². The van der Waals surface area contributed by atoms with Gasteiger partial charge in [-0.1, -0.05) is 43.7 Å². The monoisotopic (exact) mass is 299 g/mol. The third-order valence-electron chi connectivity index (χ3n) is 3.98. The van der Waals surface area contributed by atoms with Crippen LogP contribution in [-0.4, -0.2) is 11.9 Å². The summed E-state index contributed by atoms with van der Waals surface area (Å²) in [4.78, 5) is 13.3. The maximum Gasteiger partial charge on any atom is 0.261 e. The van der Waals surface area contributed by atoms with Crippen LogP contribution in [0.15, 0.2) is 42.0 Å². The Morgan fingerprint density at radius 2 is 2.10 bits per heavy atom. The Kier molecular flexibility index (Phi) is 3.62. The predicted octanol–water partition coefficient (Wildman–Crippen LogP) is 4.77. The number of amides is 1. The molecule has 3 rings (SSSR count). The fraction of sp³-hybridized carbons (Fsp3) is 0.389. The summed E-state index contributed by atoms with van der Waals surface area (Å²) in [7, 11) is 0. The summed E-state index contributed by atoms with van der Waals surface area (Å²) in [5.41, 5.74) is 1.63. The standard InChI is InChI=1S/C18H21NOS/c1-12-8-14(11-18(2,3)10-12)19-17(20)16-9-13-6-4-5-7-15(13)21-16/h4-9,14H,10-11H2,1-3H3,(H,19,20). The van der Waals surface area contributed by atoms with Crippen LogP contribution in [0.1, 0.15) is 43.3 Å². The van der Waals surface area contributed by atoms with Gasteiger partial charge >= 0.3 is 0 Å². The van der Waals surface area contributed by atoms with Crippen molar-refractivity contribution in [3.05, 3.63) is 46.9 Å². The Balaban J connectivity index is 1.78. The van der Waals surface area contributed by atoms with Crippen LogP contribution in [0.3, 0.4) is 0 Å². The number of hydrogen-bond acceptors (Lipinski definition) is 2. The van der Waals surface area contributed by atoms with Crippen LogP contribution in [-0.2, 0) is 0 Å². The van der Waals surface area contributed by atoms with Gasteiger partial charge < -0.3 is 5.32 Å². The maximum atomic E-state index is 12.5. The van der Waals surface area contributed by atoms with Gasteiger partial charge in [0.05, 0.1) is 4.88 Å². The van der Waals surface area contributed by atoms with E-state index in [1.54, 1.807) is 11.3 Å². The number of nitrogens with one attached hydrogen (secondary N) is 1. The van der Waals surface area contributed by atoms with Crippen molar-refractivity contribution < 1.29 is 4.79 Å². The summed E-state index contributed by atoms with van der Waals surface area (Å²) >= 11 is 1.56. The zero-order valence-corrected chi connectivity index (χ0v) is 13.6. The first-order chi connectivity index (χ1) is 9.93. The number of hydrogen-bond donors (Lipinski definition) is 1. The summed E-state index contributed by atoms with van der Waals surface area (Å²) in [5.74, 6) is 0.0444. The normalized spacial score (nSPS) is 21.1. The third-order valence-corrected chi connectivity index (χ3v) is 5.10. The van der Waals surface area contributed by atoms with Crippen molar-refractivity contribution >= 4 is 27.3 Å². The van der Waals surface area contributed by atoms with E-state index >= 15 is 0 Å². The van der Waals surface area contributed by atoms with Crippen LogP contribution in [0.2, 0.25) is 0 Å². The summed E-state index contributed by atoms with van der Waals surface area (Å²) < 4.78 is 1.17. The highest BCUT2D eigenvalue weighted by Crippen LogP contribution is 2.35. The number of carbonyl (C=O) groups excluding carboxylic acids is 1. The van der Waals surface area contributed by atoms with Gasteiger partial charge in [-0.2, -0.15) is 0 Å². The zero-order chi connectivity index (χ0) is 15.0. The molecule has 21 heavy (non-hydrogen) atoms. The number of benzene rings is 1. The van der Waals surface area contributed by atoms with Gasteiger partial charge in [-0.3, -0.25) is 4.79 Å². The topological polar surface area (TPSA) is 29.1 Å². The van der Waals surface area contributed by atoms with E-state index in [0.717, 1.165) is 23.1 Å². The summed E-state index contributed by atoms with van der Waals surface area (Å²) in [6.45, 7) is 6.68. The molecule has 1 amide bonds. The fourth-order valence-corrected chi connectivity index (χ4v) is 4.28. The minimum atomic E-state index is 0.0444. The lowest BCUT2D eigenvalue weighted by Gasteiger charge is -2.34. The molecule has 0 saturated carbocycles. The number of thiophene rings is 1.